The van der Waals surface area contributed by atoms with Gasteiger partial charge in [-0.05, 0) is 12.5 Å². The zero-order valence-electron chi connectivity index (χ0n) is 11.5. The Morgan fingerprint density at radius 2 is 1.75 bits per heavy atom. The average Bonchev–Trinajstić information content (AvgIpc) is 2.50. The molecule has 3 nitrogen and oxygen atoms in total. The smallest absolute Gasteiger partial charge is 0.139 e. The molecule has 1 heterocycles. The molecular formula is C17H17N3. The van der Waals surface area contributed by atoms with E-state index in [1.54, 1.807) is 6.34 Å². The molecule has 0 unspecified atom stereocenters. The van der Waals surface area contributed by atoms with Crippen LogP contribution in [0.15, 0.2) is 64.6 Å². The Morgan fingerprint density at radius 3 is 2.50 bits per heavy atom. The van der Waals surface area contributed by atoms with Crippen LogP contribution in [-0.4, -0.2) is 23.7 Å². The van der Waals surface area contributed by atoms with Gasteiger partial charge in [0.2, 0.25) is 0 Å². The Balaban J connectivity index is 1.85. The van der Waals surface area contributed by atoms with Crippen molar-refractivity contribution in [3.63, 3.8) is 0 Å². The van der Waals surface area contributed by atoms with Gasteiger partial charge >= 0.3 is 0 Å². The lowest BCUT2D eigenvalue weighted by Gasteiger charge is -2.26. The van der Waals surface area contributed by atoms with Crippen molar-refractivity contribution in [1.29, 1.82) is 0 Å². The summed E-state index contributed by atoms with van der Waals surface area (Å²) in [5.74, 6) is 0.990. The summed E-state index contributed by atoms with van der Waals surface area (Å²) in [5, 5.41) is 0. The SMILES string of the molecule is Cc1ccc(C2=NC=NCN2Cc2ccccc2)cc1. The summed E-state index contributed by atoms with van der Waals surface area (Å²) in [6.07, 6.45) is 1.65. The van der Waals surface area contributed by atoms with E-state index >= 15 is 0 Å². The molecule has 0 amide bonds. The number of hydrogen-bond donors (Lipinski definition) is 0. The standard InChI is InChI=1S/C17H17N3/c1-14-7-9-16(10-8-14)17-19-12-18-13-20(17)11-15-5-3-2-4-6-15/h2-10,12H,11,13H2,1H3. The predicted octanol–water partition coefficient (Wildman–Crippen LogP) is 3.24. The molecule has 2 aromatic rings. The summed E-state index contributed by atoms with van der Waals surface area (Å²) in [5.41, 5.74) is 3.66. The normalized spacial score (nSPS) is 14.2. The first kappa shape index (κ1) is 12.6. The van der Waals surface area contributed by atoms with E-state index in [4.69, 9.17) is 0 Å². The Hall–Kier alpha value is -2.42. The van der Waals surface area contributed by atoms with Crippen molar-refractivity contribution in [2.75, 3.05) is 6.67 Å². The first-order valence-corrected chi connectivity index (χ1v) is 6.75. The molecule has 0 saturated heterocycles. The maximum absolute atomic E-state index is 4.46. The molecule has 2 aromatic carbocycles. The van der Waals surface area contributed by atoms with Crippen LogP contribution < -0.4 is 0 Å². The van der Waals surface area contributed by atoms with Crippen LogP contribution in [0.5, 0.6) is 0 Å². The highest BCUT2D eigenvalue weighted by molar-refractivity contribution is 6.03. The first-order chi connectivity index (χ1) is 9.83. The van der Waals surface area contributed by atoms with Crippen LogP contribution in [0, 0.1) is 6.92 Å². The Kier molecular flexibility index (Phi) is 3.59. The van der Waals surface area contributed by atoms with E-state index in [1.165, 1.54) is 11.1 Å². The van der Waals surface area contributed by atoms with Gasteiger partial charge in [0.1, 0.15) is 18.8 Å². The first-order valence-electron chi connectivity index (χ1n) is 6.75. The van der Waals surface area contributed by atoms with Gasteiger partial charge in [-0.1, -0.05) is 60.2 Å². The van der Waals surface area contributed by atoms with Gasteiger partial charge in [0.05, 0.1) is 0 Å². The molecule has 1 aliphatic heterocycles. The third-order valence-corrected chi connectivity index (χ3v) is 3.34. The highest BCUT2D eigenvalue weighted by atomic mass is 15.3. The molecule has 0 atom stereocenters. The molecule has 0 aliphatic carbocycles. The third kappa shape index (κ3) is 2.77. The summed E-state index contributed by atoms with van der Waals surface area (Å²) in [6.45, 7) is 3.57. The van der Waals surface area contributed by atoms with E-state index < -0.39 is 0 Å². The molecule has 0 spiro atoms. The number of nitrogens with zero attached hydrogens (tertiary/aromatic N) is 3. The molecule has 0 saturated carbocycles. The van der Waals surface area contributed by atoms with Crippen LogP contribution >= 0.6 is 0 Å². The number of amidine groups is 1. The number of benzene rings is 2. The number of rotatable bonds is 3. The van der Waals surface area contributed by atoms with Gasteiger partial charge in [-0.3, -0.25) is 4.99 Å². The van der Waals surface area contributed by atoms with Gasteiger partial charge in [-0.2, -0.15) is 0 Å². The third-order valence-electron chi connectivity index (χ3n) is 3.34. The lowest BCUT2D eigenvalue weighted by molar-refractivity contribution is 0.424. The topological polar surface area (TPSA) is 28.0 Å². The molecule has 0 radical (unpaired) electrons. The van der Waals surface area contributed by atoms with Gasteiger partial charge in [-0.25, -0.2) is 4.99 Å². The molecule has 3 rings (SSSR count). The minimum Gasteiger partial charge on any atom is -0.332 e. The summed E-state index contributed by atoms with van der Waals surface area (Å²) < 4.78 is 0. The lowest BCUT2D eigenvalue weighted by atomic mass is 10.1. The summed E-state index contributed by atoms with van der Waals surface area (Å²) in [4.78, 5) is 10.9. The summed E-state index contributed by atoms with van der Waals surface area (Å²) >= 11 is 0. The van der Waals surface area contributed by atoms with Crippen molar-refractivity contribution in [1.82, 2.24) is 4.90 Å². The molecule has 3 heteroatoms. The zero-order chi connectivity index (χ0) is 13.8. The Labute approximate surface area is 119 Å². The van der Waals surface area contributed by atoms with E-state index in [-0.39, 0.29) is 0 Å². The van der Waals surface area contributed by atoms with Gasteiger partial charge in [0.15, 0.2) is 0 Å². The highest BCUT2D eigenvalue weighted by Crippen LogP contribution is 2.13. The Bertz CT molecular complexity index is 627. The Morgan fingerprint density at radius 1 is 1.00 bits per heavy atom. The van der Waals surface area contributed by atoms with E-state index in [2.05, 4.69) is 70.3 Å². The van der Waals surface area contributed by atoms with Crippen molar-refractivity contribution < 1.29 is 0 Å². The second kappa shape index (κ2) is 5.70. The maximum atomic E-state index is 4.46. The number of hydrogen-bond acceptors (Lipinski definition) is 3. The largest absolute Gasteiger partial charge is 0.332 e. The van der Waals surface area contributed by atoms with Crippen molar-refractivity contribution in [2.24, 2.45) is 9.98 Å². The van der Waals surface area contributed by atoms with Crippen LogP contribution in [0.3, 0.4) is 0 Å². The molecule has 1 aliphatic rings. The molecule has 100 valence electrons. The fourth-order valence-corrected chi connectivity index (χ4v) is 2.27. The zero-order valence-corrected chi connectivity index (χ0v) is 11.5. The maximum Gasteiger partial charge on any atom is 0.139 e. The van der Waals surface area contributed by atoms with Crippen molar-refractivity contribution >= 4 is 12.2 Å². The van der Waals surface area contributed by atoms with E-state index in [0.717, 1.165) is 17.9 Å². The van der Waals surface area contributed by atoms with Crippen LogP contribution in [-0.2, 0) is 6.54 Å². The van der Waals surface area contributed by atoms with Crippen LogP contribution in [0.2, 0.25) is 0 Å². The second-order valence-corrected chi connectivity index (χ2v) is 4.94. The predicted molar refractivity (Wildman–Crippen MR) is 83.1 cm³/mol. The van der Waals surface area contributed by atoms with Gasteiger partial charge < -0.3 is 4.90 Å². The molecule has 0 aromatic heterocycles. The van der Waals surface area contributed by atoms with Gasteiger partial charge in [0, 0.05) is 12.1 Å². The van der Waals surface area contributed by atoms with Crippen molar-refractivity contribution in [2.45, 2.75) is 13.5 Å². The van der Waals surface area contributed by atoms with Crippen LogP contribution in [0.4, 0.5) is 0 Å². The minimum atomic E-state index is 0.654. The van der Waals surface area contributed by atoms with Crippen molar-refractivity contribution in [3.05, 3.63) is 71.3 Å². The monoisotopic (exact) mass is 263 g/mol. The fourth-order valence-electron chi connectivity index (χ4n) is 2.27. The number of aliphatic imine (C=N–C) groups is 2. The highest BCUT2D eigenvalue weighted by Gasteiger charge is 2.15. The summed E-state index contributed by atoms with van der Waals surface area (Å²) in [6, 6.07) is 18.9. The van der Waals surface area contributed by atoms with Gasteiger partial charge in [0.25, 0.3) is 0 Å². The quantitative estimate of drug-likeness (QED) is 0.835. The molecule has 0 fully saturated rings. The molecule has 0 bridgehead atoms. The second-order valence-electron chi connectivity index (χ2n) is 4.94. The van der Waals surface area contributed by atoms with Crippen molar-refractivity contribution in [3.8, 4) is 0 Å². The average molecular weight is 263 g/mol. The summed E-state index contributed by atoms with van der Waals surface area (Å²) in [7, 11) is 0. The minimum absolute atomic E-state index is 0.654. The van der Waals surface area contributed by atoms with Crippen LogP contribution in [0.1, 0.15) is 16.7 Å². The fraction of sp³-hybridized carbons (Fsp3) is 0.176. The molecular weight excluding hydrogens is 246 g/mol. The van der Waals surface area contributed by atoms with Crippen LogP contribution in [0.25, 0.3) is 0 Å². The number of aryl methyl sites for hydroxylation is 1. The van der Waals surface area contributed by atoms with Gasteiger partial charge in [-0.15, -0.1) is 0 Å². The van der Waals surface area contributed by atoms with E-state index in [9.17, 15) is 0 Å². The molecule has 20 heavy (non-hydrogen) atoms. The molecule has 0 N–H and O–H groups in total. The lowest BCUT2D eigenvalue weighted by Crippen LogP contribution is -2.33. The van der Waals surface area contributed by atoms with E-state index in [0.29, 0.717) is 6.67 Å². The van der Waals surface area contributed by atoms with E-state index in [1.807, 2.05) is 6.07 Å².